The van der Waals surface area contributed by atoms with Gasteiger partial charge in [-0.05, 0) is 24.5 Å². The van der Waals surface area contributed by atoms with E-state index in [0.717, 1.165) is 25.1 Å². The van der Waals surface area contributed by atoms with Crippen molar-refractivity contribution in [2.75, 3.05) is 24.5 Å². The van der Waals surface area contributed by atoms with Crippen LogP contribution in [0, 0.1) is 0 Å². The van der Waals surface area contributed by atoms with Gasteiger partial charge in [0.2, 0.25) is 11.8 Å². The van der Waals surface area contributed by atoms with Crippen LogP contribution >= 0.6 is 12.4 Å². The maximum absolute atomic E-state index is 12.4. The number of nitrogens with one attached hydrogen (secondary N) is 1. The van der Waals surface area contributed by atoms with Crippen molar-refractivity contribution in [1.82, 2.24) is 5.32 Å². The van der Waals surface area contributed by atoms with E-state index < -0.39 is 0 Å². The Hall–Kier alpha value is -1.59. The number of carbonyl (C=O) groups excluding carboxylic acids is 2. The summed E-state index contributed by atoms with van der Waals surface area (Å²) in [5, 5.41) is 2.56. The number of anilines is 1. The molecular formula is C16H22ClN3O2. The van der Waals surface area contributed by atoms with Crippen molar-refractivity contribution < 1.29 is 9.59 Å². The second-order valence-corrected chi connectivity index (χ2v) is 5.97. The van der Waals surface area contributed by atoms with Crippen LogP contribution in [-0.4, -0.2) is 31.4 Å². The van der Waals surface area contributed by atoms with Gasteiger partial charge in [0.05, 0.1) is 13.1 Å². The van der Waals surface area contributed by atoms with Gasteiger partial charge in [-0.1, -0.05) is 31.0 Å². The minimum Gasteiger partial charge on any atom is -0.346 e. The van der Waals surface area contributed by atoms with Crippen LogP contribution in [0.25, 0.3) is 0 Å². The number of nitrogens with zero attached hydrogens (tertiary/aromatic N) is 1. The van der Waals surface area contributed by atoms with E-state index in [1.165, 1.54) is 18.4 Å². The summed E-state index contributed by atoms with van der Waals surface area (Å²) in [7, 11) is 0. The van der Waals surface area contributed by atoms with Gasteiger partial charge in [0, 0.05) is 17.6 Å². The lowest BCUT2D eigenvalue weighted by Crippen LogP contribution is -2.43. The Morgan fingerprint density at radius 3 is 2.59 bits per heavy atom. The Bertz CT molecular complexity index is 570. The first-order chi connectivity index (χ1) is 10.2. The van der Waals surface area contributed by atoms with Crippen LogP contribution in [0.5, 0.6) is 0 Å². The lowest BCUT2D eigenvalue weighted by Gasteiger charge is -2.24. The summed E-state index contributed by atoms with van der Waals surface area (Å²) in [6, 6.07) is 8.16. The van der Waals surface area contributed by atoms with Gasteiger partial charge in [0.25, 0.3) is 0 Å². The Morgan fingerprint density at radius 2 is 1.91 bits per heavy atom. The van der Waals surface area contributed by atoms with Crippen molar-refractivity contribution in [3.8, 4) is 0 Å². The normalized spacial score (nSPS) is 18.0. The third-order valence-electron chi connectivity index (χ3n) is 4.71. The van der Waals surface area contributed by atoms with Crippen molar-refractivity contribution in [2.24, 2.45) is 5.73 Å². The lowest BCUT2D eigenvalue weighted by molar-refractivity contribution is -0.124. The number of hydrogen-bond acceptors (Lipinski definition) is 3. The van der Waals surface area contributed by atoms with Gasteiger partial charge in [-0.15, -0.1) is 12.4 Å². The zero-order valence-electron chi connectivity index (χ0n) is 12.5. The molecule has 22 heavy (non-hydrogen) atoms. The molecule has 1 fully saturated rings. The number of rotatable bonds is 3. The van der Waals surface area contributed by atoms with Gasteiger partial charge in [0.1, 0.15) is 0 Å². The molecule has 0 atom stereocenters. The molecule has 1 heterocycles. The number of nitrogens with two attached hydrogens (primary N) is 1. The standard InChI is InChI=1S/C16H21N3O2.ClH/c17-9-14(20)18-10-15(21)19-11-16(7-3-4-8-16)12-5-1-2-6-13(12)19;/h1-2,5-6H,3-4,7-11,17H2,(H,18,20);1H. The Kier molecular flexibility index (Phi) is 5.08. The third-order valence-corrected chi connectivity index (χ3v) is 4.71. The largest absolute Gasteiger partial charge is 0.346 e. The van der Waals surface area contributed by atoms with E-state index in [1.54, 1.807) is 0 Å². The zero-order chi connectivity index (χ0) is 14.9. The summed E-state index contributed by atoms with van der Waals surface area (Å²) < 4.78 is 0. The molecule has 5 nitrogen and oxygen atoms in total. The number of benzene rings is 1. The Morgan fingerprint density at radius 1 is 1.23 bits per heavy atom. The molecule has 1 aliphatic carbocycles. The quantitative estimate of drug-likeness (QED) is 0.881. The number of para-hydroxylation sites is 1. The molecule has 0 saturated heterocycles. The SMILES string of the molecule is Cl.NCC(=O)NCC(=O)N1CC2(CCCC2)c2ccccc21. The molecule has 0 bridgehead atoms. The fourth-order valence-electron chi connectivity index (χ4n) is 3.67. The molecule has 3 N–H and O–H groups in total. The highest BCUT2D eigenvalue weighted by molar-refractivity contribution is 5.99. The molecule has 1 spiro atoms. The zero-order valence-corrected chi connectivity index (χ0v) is 13.3. The molecule has 0 aromatic heterocycles. The maximum Gasteiger partial charge on any atom is 0.246 e. The number of carbonyl (C=O) groups is 2. The summed E-state index contributed by atoms with van der Waals surface area (Å²) in [4.78, 5) is 25.5. The molecular weight excluding hydrogens is 302 g/mol. The van der Waals surface area contributed by atoms with E-state index in [0.29, 0.717) is 0 Å². The van der Waals surface area contributed by atoms with Gasteiger partial charge >= 0.3 is 0 Å². The molecule has 3 rings (SSSR count). The molecule has 0 radical (unpaired) electrons. The van der Waals surface area contributed by atoms with Gasteiger partial charge in [-0.2, -0.15) is 0 Å². The van der Waals surface area contributed by atoms with Crippen LogP contribution in [-0.2, 0) is 15.0 Å². The van der Waals surface area contributed by atoms with Crippen molar-refractivity contribution in [2.45, 2.75) is 31.1 Å². The van der Waals surface area contributed by atoms with Crippen molar-refractivity contribution >= 4 is 29.9 Å². The first-order valence-electron chi connectivity index (χ1n) is 7.53. The van der Waals surface area contributed by atoms with Gasteiger partial charge in [0.15, 0.2) is 0 Å². The van der Waals surface area contributed by atoms with E-state index in [4.69, 9.17) is 5.73 Å². The van der Waals surface area contributed by atoms with E-state index in [-0.39, 0.29) is 42.7 Å². The van der Waals surface area contributed by atoms with Crippen molar-refractivity contribution in [1.29, 1.82) is 0 Å². The van der Waals surface area contributed by atoms with Crippen LogP contribution in [0.2, 0.25) is 0 Å². The fourth-order valence-corrected chi connectivity index (χ4v) is 3.67. The van der Waals surface area contributed by atoms with Crippen LogP contribution < -0.4 is 16.0 Å². The first kappa shape index (κ1) is 16.8. The summed E-state index contributed by atoms with van der Waals surface area (Å²) in [5.74, 6) is -0.362. The topological polar surface area (TPSA) is 75.4 Å². The highest BCUT2D eigenvalue weighted by atomic mass is 35.5. The van der Waals surface area contributed by atoms with Gasteiger partial charge in [-0.3, -0.25) is 9.59 Å². The molecule has 2 amide bonds. The summed E-state index contributed by atoms with van der Waals surface area (Å²) in [5.41, 5.74) is 7.67. The molecule has 6 heteroatoms. The predicted octanol–water partition coefficient (Wildman–Crippen LogP) is 1.34. The average molecular weight is 324 g/mol. The van der Waals surface area contributed by atoms with E-state index in [2.05, 4.69) is 11.4 Å². The number of fused-ring (bicyclic) bond motifs is 2. The van der Waals surface area contributed by atoms with Crippen LogP contribution in [0.3, 0.4) is 0 Å². The van der Waals surface area contributed by atoms with Gasteiger partial charge in [-0.25, -0.2) is 0 Å². The maximum atomic E-state index is 12.4. The van der Waals surface area contributed by atoms with Crippen molar-refractivity contribution in [3.05, 3.63) is 29.8 Å². The summed E-state index contributed by atoms with van der Waals surface area (Å²) in [6.45, 7) is 0.665. The molecule has 2 aliphatic rings. The van der Waals surface area contributed by atoms with E-state index >= 15 is 0 Å². The van der Waals surface area contributed by atoms with E-state index in [9.17, 15) is 9.59 Å². The van der Waals surface area contributed by atoms with Crippen molar-refractivity contribution in [3.63, 3.8) is 0 Å². The van der Waals surface area contributed by atoms with E-state index in [1.807, 2.05) is 23.1 Å². The minimum absolute atomic E-state index is 0. The fraction of sp³-hybridized carbons (Fsp3) is 0.500. The summed E-state index contributed by atoms with van der Waals surface area (Å²) in [6.07, 6.45) is 4.73. The molecule has 1 saturated carbocycles. The monoisotopic (exact) mass is 323 g/mol. The van der Waals surface area contributed by atoms with Crippen LogP contribution in [0.15, 0.2) is 24.3 Å². The number of amides is 2. The molecule has 0 unspecified atom stereocenters. The smallest absolute Gasteiger partial charge is 0.246 e. The molecule has 1 aliphatic heterocycles. The second-order valence-electron chi connectivity index (χ2n) is 5.97. The number of hydrogen-bond donors (Lipinski definition) is 2. The van der Waals surface area contributed by atoms with Crippen LogP contribution in [0.1, 0.15) is 31.2 Å². The highest BCUT2D eigenvalue weighted by Crippen LogP contribution is 2.50. The Labute approximate surface area is 136 Å². The molecule has 1 aromatic carbocycles. The van der Waals surface area contributed by atoms with Crippen LogP contribution in [0.4, 0.5) is 5.69 Å². The molecule has 120 valence electrons. The first-order valence-corrected chi connectivity index (χ1v) is 7.53. The highest BCUT2D eigenvalue weighted by Gasteiger charge is 2.45. The van der Waals surface area contributed by atoms with Gasteiger partial charge < -0.3 is 16.0 Å². The molecule has 1 aromatic rings. The lowest BCUT2D eigenvalue weighted by atomic mass is 9.81. The predicted molar refractivity (Wildman–Crippen MR) is 88.3 cm³/mol. The average Bonchev–Trinajstić information content (AvgIpc) is 3.12. The number of halogens is 1. The Balaban J connectivity index is 0.00000176. The summed E-state index contributed by atoms with van der Waals surface area (Å²) >= 11 is 0. The minimum atomic E-state index is -0.300. The second kappa shape index (κ2) is 6.67. The third kappa shape index (κ3) is 2.83.